The van der Waals surface area contributed by atoms with Crippen LogP contribution in [0.4, 0.5) is 0 Å². The molecule has 100 valence electrons. The molecule has 0 aromatic heterocycles. The summed E-state index contributed by atoms with van der Waals surface area (Å²) < 4.78 is 12.1. The normalized spacial score (nSPS) is 19.1. The molecule has 2 rings (SSSR count). The number of rotatable bonds is 6. The lowest BCUT2D eigenvalue weighted by Gasteiger charge is -2.12. The molecule has 4 heteroatoms. The largest absolute Gasteiger partial charge is 0.493 e. The minimum absolute atomic E-state index is 0.399. The molecule has 0 saturated carbocycles. The first-order valence-electron chi connectivity index (χ1n) is 6.53. The van der Waals surface area contributed by atoms with Gasteiger partial charge in [-0.3, -0.25) is 0 Å². The Morgan fingerprint density at radius 3 is 3.06 bits per heavy atom. The van der Waals surface area contributed by atoms with Crippen LogP contribution in [0.5, 0.6) is 5.75 Å². The van der Waals surface area contributed by atoms with E-state index in [4.69, 9.17) is 9.47 Å². The molecule has 1 aromatic carbocycles. The monoisotopic (exact) mass is 313 g/mol. The van der Waals surface area contributed by atoms with Crippen LogP contribution in [0.25, 0.3) is 0 Å². The minimum Gasteiger partial charge on any atom is -0.493 e. The van der Waals surface area contributed by atoms with Gasteiger partial charge in [0.05, 0.1) is 17.2 Å². The first kappa shape index (κ1) is 13.8. The third kappa shape index (κ3) is 3.97. The molecule has 1 heterocycles. The van der Waals surface area contributed by atoms with Gasteiger partial charge in [0.2, 0.25) is 0 Å². The van der Waals surface area contributed by atoms with Crippen LogP contribution in [-0.2, 0) is 11.3 Å². The summed E-state index contributed by atoms with van der Waals surface area (Å²) in [5.74, 6) is 0.903. The average Bonchev–Trinajstić information content (AvgIpc) is 2.86. The molecule has 0 radical (unpaired) electrons. The fraction of sp³-hybridized carbons (Fsp3) is 0.571. The van der Waals surface area contributed by atoms with Crippen molar-refractivity contribution in [2.45, 2.75) is 32.4 Å². The van der Waals surface area contributed by atoms with Crippen molar-refractivity contribution in [2.24, 2.45) is 0 Å². The third-order valence-corrected chi connectivity index (χ3v) is 3.64. The predicted octanol–water partition coefficient (Wildman–Crippen LogP) is 3.12. The van der Waals surface area contributed by atoms with Gasteiger partial charge < -0.3 is 14.8 Å². The maximum absolute atomic E-state index is 5.57. The fourth-order valence-electron chi connectivity index (χ4n) is 2.11. The zero-order valence-electron chi connectivity index (χ0n) is 10.7. The van der Waals surface area contributed by atoms with Crippen molar-refractivity contribution in [2.75, 3.05) is 19.8 Å². The molecule has 0 bridgehead atoms. The standard InChI is InChI=1S/C14H20BrNO2/c1-2-17-14-6-5-11(8-13(14)15)9-16-10-12-4-3-7-18-12/h5-6,8,12,16H,2-4,7,9-10H2,1H3/t12-/m0/s1. The van der Waals surface area contributed by atoms with Gasteiger partial charge in [-0.1, -0.05) is 6.07 Å². The van der Waals surface area contributed by atoms with Crippen LogP contribution in [-0.4, -0.2) is 25.9 Å². The highest BCUT2D eigenvalue weighted by Crippen LogP contribution is 2.25. The lowest BCUT2D eigenvalue weighted by Crippen LogP contribution is -2.25. The summed E-state index contributed by atoms with van der Waals surface area (Å²) >= 11 is 3.53. The average molecular weight is 314 g/mol. The molecule has 1 atom stereocenters. The number of benzene rings is 1. The Balaban J connectivity index is 1.80. The van der Waals surface area contributed by atoms with E-state index in [1.807, 2.05) is 13.0 Å². The third-order valence-electron chi connectivity index (χ3n) is 3.02. The van der Waals surface area contributed by atoms with Crippen molar-refractivity contribution in [1.82, 2.24) is 5.32 Å². The Hall–Kier alpha value is -0.580. The Bertz CT molecular complexity index is 378. The predicted molar refractivity (Wildman–Crippen MR) is 76.0 cm³/mol. The number of hydrogen-bond donors (Lipinski definition) is 1. The molecule has 1 aliphatic heterocycles. The van der Waals surface area contributed by atoms with Gasteiger partial charge >= 0.3 is 0 Å². The van der Waals surface area contributed by atoms with Crippen LogP contribution in [0.1, 0.15) is 25.3 Å². The Morgan fingerprint density at radius 1 is 1.50 bits per heavy atom. The van der Waals surface area contributed by atoms with Crippen molar-refractivity contribution in [1.29, 1.82) is 0 Å². The second kappa shape index (κ2) is 7.12. The number of halogens is 1. The summed E-state index contributed by atoms with van der Waals surface area (Å²) in [6.07, 6.45) is 2.78. The lowest BCUT2D eigenvalue weighted by molar-refractivity contribution is 0.110. The highest BCUT2D eigenvalue weighted by atomic mass is 79.9. The van der Waals surface area contributed by atoms with Crippen molar-refractivity contribution < 1.29 is 9.47 Å². The molecular formula is C14H20BrNO2. The second-order valence-corrected chi connectivity index (χ2v) is 5.32. The van der Waals surface area contributed by atoms with E-state index in [-0.39, 0.29) is 0 Å². The van der Waals surface area contributed by atoms with Gasteiger partial charge in [0, 0.05) is 19.7 Å². The van der Waals surface area contributed by atoms with E-state index in [1.54, 1.807) is 0 Å². The summed E-state index contributed by atoms with van der Waals surface area (Å²) in [6.45, 7) is 5.40. The van der Waals surface area contributed by atoms with Gasteiger partial charge in [-0.2, -0.15) is 0 Å². The maximum atomic E-state index is 5.57. The van der Waals surface area contributed by atoms with E-state index in [0.717, 1.165) is 29.9 Å². The van der Waals surface area contributed by atoms with Gasteiger partial charge in [0.15, 0.2) is 0 Å². The van der Waals surface area contributed by atoms with Crippen molar-refractivity contribution in [3.8, 4) is 5.75 Å². The van der Waals surface area contributed by atoms with Crippen LogP contribution >= 0.6 is 15.9 Å². The quantitative estimate of drug-likeness (QED) is 0.875. The zero-order valence-corrected chi connectivity index (χ0v) is 12.3. The maximum Gasteiger partial charge on any atom is 0.133 e. The fourth-order valence-corrected chi connectivity index (χ4v) is 2.65. The molecule has 0 unspecified atom stereocenters. The molecule has 1 aliphatic rings. The summed E-state index contributed by atoms with van der Waals surface area (Å²) in [6, 6.07) is 6.21. The van der Waals surface area contributed by atoms with E-state index in [2.05, 4.69) is 33.4 Å². The molecule has 0 spiro atoms. The Labute approximate surface area is 117 Å². The SMILES string of the molecule is CCOc1ccc(CNC[C@@H]2CCCO2)cc1Br. The van der Waals surface area contributed by atoms with Crippen LogP contribution in [0.3, 0.4) is 0 Å². The van der Waals surface area contributed by atoms with Gasteiger partial charge in [-0.05, 0) is 53.4 Å². The number of hydrogen-bond acceptors (Lipinski definition) is 3. The van der Waals surface area contributed by atoms with Gasteiger partial charge in [-0.15, -0.1) is 0 Å². The van der Waals surface area contributed by atoms with Crippen molar-refractivity contribution in [3.05, 3.63) is 28.2 Å². The first-order chi connectivity index (χ1) is 8.79. The summed E-state index contributed by atoms with van der Waals surface area (Å²) in [4.78, 5) is 0. The zero-order chi connectivity index (χ0) is 12.8. The van der Waals surface area contributed by atoms with E-state index in [0.29, 0.717) is 12.7 Å². The number of ether oxygens (including phenoxy) is 2. The minimum atomic E-state index is 0.399. The van der Waals surface area contributed by atoms with E-state index in [1.165, 1.54) is 18.4 Å². The summed E-state index contributed by atoms with van der Waals surface area (Å²) in [5.41, 5.74) is 1.25. The lowest BCUT2D eigenvalue weighted by atomic mass is 10.2. The molecule has 18 heavy (non-hydrogen) atoms. The van der Waals surface area contributed by atoms with Gasteiger partial charge in [0.25, 0.3) is 0 Å². The van der Waals surface area contributed by atoms with Gasteiger partial charge in [-0.25, -0.2) is 0 Å². The van der Waals surface area contributed by atoms with Gasteiger partial charge in [0.1, 0.15) is 5.75 Å². The van der Waals surface area contributed by atoms with E-state index < -0.39 is 0 Å². The topological polar surface area (TPSA) is 30.5 Å². The van der Waals surface area contributed by atoms with Crippen molar-refractivity contribution in [3.63, 3.8) is 0 Å². The molecule has 1 N–H and O–H groups in total. The summed E-state index contributed by atoms with van der Waals surface area (Å²) in [5, 5.41) is 3.44. The Kier molecular flexibility index (Phi) is 5.47. The Morgan fingerprint density at radius 2 is 2.39 bits per heavy atom. The molecule has 1 fully saturated rings. The van der Waals surface area contributed by atoms with E-state index >= 15 is 0 Å². The molecular weight excluding hydrogens is 294 g/mol. The molecule has 1 saturated heterocycles. The summed E-state index contributed by atoms with van der Waals surface area (Å²) in [7, 11) is 0. The van der Waals surface area contributed by atoms with Crippen molar-refractivity contribution >= 4 is 15.9 Å². The number of nitrogens with one attached hydrogen (secondary N) is 1. The highest BCUT2D eigenvalue weighted by Gasteiger charge is 2.14. The van der Waals surface area contributed by atoms with Crippen LogP contribution < -0.4 is 10.1 Å². The smallest absolute Gasteiger partial charge is 0.133 e. The highest BCUT2D eigenvalue weighted by molar-refractivity contribution is 9.10. The molecule has 3 nitrogen and oxygen atoms in total. The molecule has 1 aromatic rings. The van der Waals surface area contributed by atoms with Crippen LogP contribution in [0, 0.1) is 0 Å². The first-order valence-corrected chi connectivity index (χ1v) is 7.32. The molecule has 0 amide bonds. The van der Waals surface area contributed by atoms with Crippen LogP contribution in [0.15, 0.2) is 22.7 Å². The second-order valence-electron chi connectivity index (χ2n) is 4.46. The molecule has 0 aliphatic carbocycles. The van der Waals surface area contributed by atoms with Crippen LogP contribution in [0.2, 0.25) is 0 Å². The van der Waals surface area contributed by atoms with E-state index in [9.17, 15) is 0 Å².